The number of thiophene rings is 1. The van der Waals surface area contributed by atoms with Gasteiger partial charge < -0.3 is 4.74 Å². The lowest BCUT2D eigenvalue weighted by Crippen LogP contribution is -2.43. The fourth-order valence-electron chi connectivity index (χ4n) is 2.94. The average Bonchev–Trinajstić information content (AvgIpc) is 3.07. The normalized spacial score (nSPS) is 23.8. The van der Waals surface area contributed by atoms with Gasteiger partial charge in [-0.15, -0.1) is 0 Å². The highest BCUT2D eigenvalue weighted by Gasteiger charge is 2.28. The van der Waals surface area contributed by atoms with Crippen molar-refractivity contribution in [1.29, 1.82) is 0 Å². The van der Waals surface area contributed by atoms with Crippen LogP contribution in [0.1, 0.15) is 45.2 Å². The lowest BCUT2D eigenvalue weighted by molar-refractivity contribution is -0.0822. The summed E-state index contributed by atoms with van der Waals surface area (Å²) in [6.07, 6.45) is 2.03. The lowest BCUT2D eigenvalue weighted by atomic mass is 10.1. The molecule has 1 aliphatic heterocycles. The van der Waals surface area contributed by atoms with Crippen LogP contribution in [-0.4, -0.2) is 38.9 Å². The Morgan fingerprint density at radius 1 is 1.36 bits per heavy atom. The largest absolute Gasteiger partial charge is 0.368 e. The topological polar surface area (TPSA) is 43.2 Å². The van der Waals surface area contributed by atoms with E-state index in [-0.39, 0.29) is 17.7 Å². The third kappa shape index (κ3) is 3.39. The van der Waals surface area contributed by atoms with E-state index in [1.807, 2.05) is 4.68 Å². The average molecular weight is 320 g/mol. The standard InChI is InChI=1S/C16H24N4OS/c1-12-7-19(8-14(21-12)13-5-6-22-10-13)9-15-17-11-18-20(15)16(2,3)4/h5-6,10-12,14H,7-9H2,1-4H3/t12-,14-/m1/s1. The van der Waals surface area contributed by atoms with Gasteiger partial charge in [0.1, 0.15) is 12.2 Å². The van der Waals surface area contributed by atoms with Gasteiger partial charge in [-0.3, -0.25) is 4.90 Å². The summed E-state index contributed by atoms with van der Waals surface area (Å²) in [6.45, 7) is 11.2. The highest BCUT2D eigenvalue weighted by atomic mass is 32.1. The van der Waals surface area contributed by atoms with Gasteiger partial charge >= 0.3 is 0 Å². The van der Waals surface area contributed by atoms with Gasteiger partial charge in [-0.25, -0.2) is 9.67 Å². The molecule has 0 radical (unpaired) electrons. The second-order valence-corrected chi connectivity index (χ2v) is 7.73. The molecule has 2 aromatic rings. The summed E-state index contributed by atoms with van der Waals surface area (Å²) in [6, 6.07) is 2.16. The minimum Gasteiger partial charge on any atom is -0.368 e. The van der Waals surface area contributed by atoms with E-state index >= 15 is 0 Å². The zero-order valence-corrected chi connectivity index (χ0v) is 14.5. The van der Waals surface area contributed by atoms with Gasteiger partial charge in [0.2, 0.25) is 0 Å². The van der Waals surface area contributed by atoms with E-state index in [0.29, 0.717) is 0 Å². The van der Waals surface area contributed by atoms with Crippen LogP contribution in [0.15, 0.2) is 23.2 Å². The summed E-state index contributed by atoms with van der Waals surface area (Å²) in [5, 5.41) is 8.68. The maximum absolute atomic E-state index is 6.10. The van der Waals surface area contributed by atoms with Crippen LogP contribution in [0.25, 0.3) is 0 Å². The fraction of sp³-hybridized carbons (Fsp3) is 0.625. The molecule has 0 saturated carbocycles. The molecule has 0 N–H and O–H groups in total. The van der Waals surface area contributed by atoms with E-state index in [9.17, 15) is 0 Å². The van der Waals surface area contributed by atoms with E-state index in [0.717, 1.165) is 25.5 Å². The van der Waals surface area contributed by atoms with Crippen molar-refractivity contribution in [2.45, 2.75) is 52.0 Å². The monoisotopic (exact) mass is 320 g/mol. The molecule has 0 aromatic carbocycles. The molecule has 120 valence electrons. The summed E-state index contributed by atoms with van der Waals surface area (Å²) >= 11 is 1.72. The summed E-state index contributed by atoms with van der Waals surface area (Å²) in [7, 11) is 0. The number of rotatable bonds is 3. The van der Waals surface area contributed by atoms with E-state index < -0.39 is 0 Å². The van der Waals surface area contributed by atoms with Crippen molar-refractivity contribution in [2.75, 3.05) is 13.1 Å². The van der Waals surface area contributed by atoms with Gasteiger partial charge in [-0.1, -0.05) is 0 Å². The van der Waals surface area contributed by atoms with Crippen LogP contribution in [0.5, 0.6) is 0 Å². The molecule has 3 rings (SSSR count). The molecule has 5 nitrogen and oxygen atoms in total. The smallest absolute Gasteiger partial charge is 0.141 e. The van der Waals surface area contributed by atoms with Crippen LogP contribution in [0.3, 0.4) is 0 Å². The Kier molecular flexibility index (Phi) is 4.34. The van der Waals surface area contributed by atoms with Crippen molar-refractivity contribution < 1.29 is 4.74 Å². The molecule has 0 amide bonds. The molecular weight excluding hydrogens is 296 g/mol. The number of nitrogens with zero attached hydrogens (tertiary/aromatic N) is 4. The van der Waals surface area contributed by atoms with Crippen molar-refractivity contribution in [3.8, 4) is 0 Å². The lowest BCUT2D eigenvalue weighted by Gasteiger charge is -2.36. The molecule has 22 heavy (non-hydrogen) atoms. The minimum atomic E-state index is -0.0451. The first-order valence-corrected chi connectivity index (χ1v) is 8.67. The molecule has 2 aromatic heterocycles. The van der Waals surface area contributed by atoms with Crippen molar-refractivity contribution in [3.05, 3.63) is 34.5 Å². The summed E-state index contributed by atoms with van der Waals surface area (Å²) < 4.78 is 8.12. The Balaban J connectivity index is 1.74. The van der Waals surface area contributed by atoms with Crippen LogP contribution in [0, 0.1) is 0 Å². The first-order chi connectivity index (χ1) is 10.4. The van der Waals surface area contributed by atoms with Gasteiger partial charge in [0.25, 0.3) is 0 Å². The zero-order chi connectivity index (χ0) is 15.7. The van der Waals surface area contributed by atoms with Crippen molar-refractivity contribution >= 4 is 11.3 Å². The second kappa shape index (κ2) is 6.10. The molecule has 0 spiro atoms. The number of morpholine rings is 1. The number of hydrogen-bond acceptors (Lipinski definition) is 5. The molecular formula is C16H24N4OS. The van der Waals surface area contributed by atoms with Crippen LogP contribution in [0.4, 0.5) is 0 Å². The summed E-state index contributed by atoms with van der Waals surface area (Å²) in [5.41, 5.74) is 1.23. The van der Waals surface area contributed by atoms with Crippen molar-refractivity contribution in [3.63, 3.8) is 0 Å². The SMILES string of the molecule is C[C@@H]1CN(Cc2ncnn2C(C)(C)C)C[C@H](c2ccsc2)O1. The molecule has 2 atom stereocenters. The van der Waals surface area contributed by atoms with Crippen LogP contribution in [0.2, 0.25) is 0 Å². The van der Waals surface area contributed by atoms with Gasteiger partial charge in [0.15, 0.2) is 0 Å². The summed E-state index contributed by atoms with van der Waals surface area (Å²) in [4.78, 5) is 6.88. The highest BCUT2D eigenvalue weighted by molar-refractivity contribution is 7.07. The molecule has 1 fully saturated rings. The van der Waals surface area contributed by atoms with Gasteiger partial charge in [-0.2, -0.15) is 16.4 Å². The van der Waals surface area contributed by atoms with E-state index in [2.05, 4.69) is 59.5 Å². The van der Waals surface area contributed by atoms with Crippen LogP contribution >= 0.6 is 11.3 Å². The Hall–Kier alpha value is -1.24. The molecule has 0 bridgehead atoms. The van der Waals surface area contributed by atoms with Gasteiger partial charge in [0.05, 0.1) is 24.3 Å². The van der Waals surface area contributed by atoms with E-state index in [1.54, 1.807) is 17.7 Å². The Bertz CT molecular complexity index is 602. The second-order valence-electron chi connectivity index (χ2n) is 6.94. The molecule has 1 aliphatic rings. The van der Waals surface area contributed by atoms with Crippen LogP contribution < -0.4 is 0 Å². The molecule has 1 saturated heterocycles. The maximum atomic E-state index is 6.10. The quantitative estimate of drug-likeness (QED) is 0.872. The van der Waals surface area contributed by atoms with E-state index in [4.69, 9.17) is 4.74 Å². The summed E-state index contributed by atoms with van der Waals surface area (Å²) in [5.74, 6) is 1.02. The van der Waals surface area contributed by atoms with Gasteiger partial charge in [-0.05, 0) is 50.1 Å². The third-order valence-corrected chi connectivity index (χ3v) is 4.57. The van der Waals surface area contributed by atoms with E-state index in [1.165, 1.54) is 5.56 Å². The van der Waals surface area contributed by atoms with Gasteiger partial charge in [0, 0.05) is 13.1 Å². The van der Waals surface area contributed by atoms with Crippen molar-refractivity contribution in [2.24, 2.45) is 0 Å². The number of ether oxygens (including phenoxy) is 1. The molecule has 3 heterocycles. The predicted molar refractivity (Wildman–Crippen MR) is 87.9 cm³/mol. The Labute approximate surface area is 135 Å². The third-order valence-electron chi connectivity index (χ3n) is 3.87. The fourth-order valence-corrected chi connectivity index (χ4v) is 3.65. The number of aromatic nitrogens is 3. The maximum Gasteiger partial charge on any atom is 0.141 e. The first kappa shape index (κ1) is 15.6. The molecule has 0 unspecified atom stereocenters. The Morgan fingerprint density at radius 3 is 2.86 bits per heavy atom. The molecule has 0 aliphatic carbocycles. The predicted octanol–water partition coefficient (Wildman–Crippen LogP) is 3.06. The van der Waals surface area contributed by atoms with Crippen LogP contribution in [-0.2, 0) is 16.8 Å². The minimum absolute atomic E-state index is 0.0451. The number of hydrogen-bond donors (Lipinski definition) is 0. The highest BCUT2D eigenvalue weighted by Crippen LogP contribution is 2.27. The zero-order valence-electron chi connectivity index (χ0n) is 13.7. The molecule has 6 heteroatoms. The van der Waals surface area contributed by atoms with Crippen molar-refractivity contribution in [1.82, 2.24) is 19.7 Å². The first-order valence-electron chi connectivity index (χ1n) is 7.73. The Morgan fingerprint density at radius 2 is 2.18 bits per heavy atom.